The van der Waals surface area contributed by atoms with E-state index in [1.165, 1.54) is 29.5 Å². The first-order chi connectivity index (χ1) is 10.0. The summed E-state index contributed by atoms with van der Waals surface area (Å²) in [5.41, 5.74) is 1.35. The van der Waals surface area contributed by atoms with Crippen LogP contribution in [0, 0.1) is 24.6 Å². The summed E-state index contributed by atoms with van der Waals surface area (Å²) in [6, 6.07) is 4.05. The minimum absolute atomic E-state index is 0.107. The fourth-order valence-corrected chi connectivity index (χ4v) is 2.78. The highest BCUT2D eigenvalue weighted by atomic mass is 35.5. The van der Waals surface area contributed by atoms with E-state index in [4.69, 9.17) is 16.7 Å². The molecule has 21 heavy (non-hydrogen) atoms. The monoisotopic (exact) mass is 323 g/mol. The van der Waals surface area contributed by atoms with Crippen LogP contribution in [-0.2, 0) is 0 Å². The average Bonchev–Trinajstić information content (AvgIpc) is 2.79. The van der Waals surface area contributed by atoms with Crippen molar-refractivity contribution in [3.8, 4) is 11.8 Å². The van der Waals surface area contributed by atoms with Crippen LogP contribution in [0.4, 0.5) is 10.1 Å². The fraction of sp³-hybridized carbons (Fsp3) is 0.133. The van der Waals surface area contributed by atoms with Crippen molar-refractivity contribution in [1.29, 1.82) is 0 Å². The van der Waals surface area contributed by atoms with Crippen LogP contribution in [0.2, 0.25) is 5.02 Å². The highest BCUT2D eigenvalue weighted by Gasteiger charge is 2.15. The van der Waals surface area contributed by atoms with E-state index in [0.717, 1.165) is 5.56 Å². The van der Waals surface area contributed by atoms with E-state index in [-0.39, 0.29) is 18.1 Å². The molecule has 0 saturated heterocycles. The van der Waals surface area contributed by atoms with E-state index >= 15 is 0 Å². The summed E-state index contributed by atoms with van der Waals surface area (Å²) in [4.78, 5) is 12.5. The number of benzene rings is 1. The maximum Gasteiger partial charge on any atom is 0.267 e. The van der Waals surface area contributed by atoms with Gasteiger partial charge in [0.1, 0.15) is 17.3 Å². The molecule has 1 aromatic carbocycles. The molecule has 2 N–H and O–H groups in total. The molecule has 0 atom stereocenters. The van der Waals surface area contributed by atoms with Gasteiger partial charge in [0, 0.05) is 5.69 Å². The molecule has 0 saturated carbocycles. The number of hydrogen-bond acceptors (Lipinski definition) is 3. The fourth-order valence-electron chi connectivity index (χ4n) is 1.60. The first kappa shape index (κ1) is 15.5. The van der Waals surface area contributed by atoms with E-state index in [2.05, 4.69) is 17.2 Å². The smallest absolute Gasteiger partial charge is 0.267 e. The van der Waals surface area contributed by atoms with Gasteiger partial charge in [-0.3, -0.25) is 4.79 Å². The maximum absolute atomic E-state index is 13.5. The number of nitrogens with one attached hydrogen (secondary N) is 1. The van der Waals surface area contributed by atoms with E-state index in [9.17, 15) is 9.18 Å². The van der Waals surface area contributed by atoms with Crippen LogP contribution in [0.3, 0.4) is 0 Å². The lowest BCUT2D eigenvalue weighted by Gasteiger charge is -2.05. The molecule has 3 nitrogen and oxygen atoms in total. The number of halogens is 2. The van der Waals surface area contributed by atoms with Gasteiger partial charge in [-0.25, -0.2) is 4.39 Å². The van der Waals surface area contributed by atoms with Crippen LogP contribution >= 0.6 is 22.9 Å². The van der Waals surface area contributed by atoms with E-state index in [1.54, 1.807) is 5.38 Å². The Balaban J connectivity index is 2.24. The number of aliphatic hydroxyl groups excluding tert-OH is 1. The van der Waals surface area contributed by atoms with Gasteiger partial charge in [0.15, 0.2) is 0 Å². The summed E-state index contributed by atoms with van der Waals surface area (Å²) in [6.45, 7) is 1.45. The first-order valence-corrected chi connectivity index (χ1v) is 7.23. The predicted octanol–water partition coefficient (Wildman–Crippen LogP) is 3.45. The van der Waals surface area contributed by atoms with Crippen LogP contribution in [0.25, 0.3) is 0 Å². The van der Waals surface area contributed by atoms with E-state index < -0.39 is 5.82 Å². The molecule has 0 unspecified atom stereocenters. The molecule has 0 bridgehead atoms. The second-order valence-electron chi connectivity index (χ2n) is 4.17. The van der Waals surface area contributed by atoms with Crippen LogP contribution < -0.4 is 5.32 Å². The Bertz CT molecular complexity index is 746. The lowest BCUT2D eigenvalue weighted by atomic mass is 10.2. The Morgan fingerprint density at radius 2 is 2.29 bits per heavy atom. The average molecular weight is 324 g/mol. The molecule has 2 aromatic rings. The lowest BCUT2D eigenvalue weighted by molar-refractivity contribution is 0.103. The van der Waals surface area contributed by atoms with Gasteiger partial charge in [0.2, 0.25) is 0 Å². The van der Waals surface area contributed by atoms with Crippen LogP contribution in [-0.4, -0.2) is 17.6 Å². The molecule has 0 radical (unpaired) electrons. The van der Waals surface area contributed by atoms with Gasteiger partial charge in [-0.1, -0.05) is 23.4 Å². The van der Waals surface area contributed by atoms with Crippen LogP contribution in [0.15, 0.2) is 23.6 Å². The summed E-state index contributed by atoms with van der Waals surface area (Å²) >= 11 is 7.28. The van der Waals surface area contributed by atoms with Crippen molar-refractivity contribution in [1.82, 2.24) is 0 Å². The highest BCUT2D eigenvalue weighted by Crippen LogP contribution is 2.28. The van der Waals surface area contributed by atoms with Crippen molar-refractivity contribution in [2.24, 2.45) is 0 Å². The molecule has 0 aliphatic rings. The zero-order valence-electron chi connectivity index (χ0n) is 11.0. The summed E-state index contributed by atoms with van der Waals surface area (Å²) in [5.74, 6) is 3.97. The summed E-state index contributed by atoms with van der Waals surface area (Å²) < 4.78 is 13.5. The number of amides is 1. The summed E-state index contributed by atoms with van der Waals surface area (Å²) in [5, 5.41) is 13.5. The van der Waals surface area contributed by atoms with Crippen LogP contribution in [0.5, 0.6) is 0 Å². The zero-order valence-corrected chi connectivity index (χ0v) is 12.6. The quantitative estimate of drug-likeness (QED) is 0.832. The second-order valence-corrected chi connectivity index (χ2v) is 5.43. The predicted molar refractivity (Wildman–Crippen MR) is 82.4 cm³/mol. The Labute approximate surface area is 130 Å². The molecule has 0 spiro atoms. The number of hydrogen-bond donors (Lipinski definition) is 2. The molecule has 2 rings (SSSR count). The van der Waals surface area contributed by atoms with Crippen molar-refractivity contribution in [2.45, 2.75) is 6.92 Å². The number of aliphatic hydroxyl groups is 1. The van der Waals surface area contributed by atoms with E-state index in [0.29, 0.717) is 15.6 Å². The third-order valence-electron chi connectivity index (χ3n) is 2.63. The van der Waals surface area contributed by atoms with Gasteiger partial charge < -0.3 is 10.4 Å². The molecular weight excluding hydrogens is 313 g/mol. The second kappa shape index (κ2) is 6.72. The van der Waals surface area contributed by atoms with Gasteiger partial charge in [0.25, 0.3) is 5.91 Å². The topological polar surface area (TPSA) is 49.3 Å². The SMILES string of the molecule is Cc1csc(C(=O)Nc2ccc(F)c(C#CCO)c2)c1Cl. The minimum Gasteiger partial charge on any atom is -0.384 e. The Kier molecular flexibility index (Phi) is 4.97. The van der Waals surface area contributed by atoms with Crippen molar-refractivity contribution in [2.75, 3.05) is 11.9 Å². The number of carbonyl (C=O) groups is 1. The summed E-state index contributed by atoms with van der Waals surface area (Å²) in [6.07, 6.45) is 0. The molecule has 1 heterocycles. The number of aryl methyl sites for hydroxylation is 1. The zero-order chi connectivity index (χ0) is 15.4. The standard InChI is InChI=1S/C15H11ClFNO2S/c1-9-8-21-14(13(9)16)15(20)18-11-4-5-12(17)10(7-11)3-2-6-19/h4-5,7-8,19H,6H2,1H3,(H,18,20). The molecule has 1 aromatic heterocycles. The summed E-state index contributed by atoms with van der Waals surface area (Å²) in [7, 11) is 0. The number of thiophene rings is 1. The Morgan fingerprint density at radius 3 is 2.90 bits per heavy atom. The highest BCUT2D eigenvalue weighted by molar-refractivity contribution is 7.13. The van der Waals surface area contributed by atoms with Crippen molar-refractivity contribution >= 4 is 34.5 Å². The third kappa shape index (κ3) is 3.61. The molecule has 108 valence electrons. The first-order valence-electron chi connectivity index (χ1n) is 5.97. The van der Waals surface area contributed by atoms with Crippen molar-refractivity contribution in [3.63, 3.8) is 0 Å². The van der Waals surface area contributed by atoms with E-state index in [1.807, 2.05) is 6.92 Å². The Hall–Kier alpha value is -1.87. The molecule has 6 heteroatoms. The number of rotatable bonds is 2. The normalized spacial score (nSPS) is 9.90. The minimum atomic E-state index is -0.515. The molecule has 0 aliphatic heterocycles. The van der Waals surface area contributed by atoms with Gasteiger partial charge >= 0.3 is 0 Å². The van der Waals surface area contributed by atoms with Crippen molar-refractivity contribution in [3.05, 3.63) is 50.4 Å². The lowest BCUT2D eigenvalue weighted by Crippen LogP contribution is -2.11. The van der Waals surface area contributed by atoms with Gasteiger partial charge in [-0.15, -0.1) is 11.3 Å². The number of anilines is 1. The molecule has 0 aliphatic carbocycles. The maximum atomic E-state index is 13.5. The van der Waals surface area contributed by atoms with Crippen molar-refractivity contribution < 1.29 is 14.3 Å². The van der Waals surface area contributed by atoms with Gasteiger partial charge in [0.05, 0.1) is 10.6 Å². The van der Waals surface area contributed by atoms with Gasteiger partial charge in [-0.2, -0.15) is 0 Å². The number of carbonyl (C=O) groups excluding carboxylic acids is 1. The van der Waals surface area contributed by atoms with Gasteiger partial charge in [-0.05, 0) is 36.1 Å². The molecule has 0 fully saturated rings. The Morgan fingerprint density at radius 1 is 1.52 bits per heavy atom. The molecule has 1 amide bonds. The third-order valence-corrected chi connectivity index (χ3v) is 4.33. The molecular formula is C15H11ClFNO2S. The van der Waals surface area contributed by atoms with Crippen LogP contribution in [0.1, 0.15) is 20.8 Å². The largest absolute Gasteiger partial charge is 0.384 e.